The van der Waals surface area contributed by atoms with Gasteiger partial charge in [0.05, 0.1) is 6.61 Å². The normalized spacial score (nSPS) is 24.8. The summed E-state index contributed by atoms with van der Waals surface area (Å²) in [6.07, 6.45) is 6.87. The average Bonchev–Trinajstić information content (AvgIpc) is 2.41. The van der Waals surface area contributed by atoms with E-state index in [4.69, 9.17) is 4.18 Å². The molecule has 0 radical (unpaired) electrons. The van der Waals surface area contributed by atoms with Crippen molar-refractivity contribution in [1.29, 1.82) is 0 Å². The minimum atomic E-state index is 0.786. The number of rotatable bonds is 5. The Kier molecular flexibility index (Phi) is 5.40. The number of benzene rings is 1. The van der Waals surface area contributed by atoms with Gasteiger partial charge < -0.3 is 4.18 Å². The summed E-state index contributed by atoms with van der Waals surface area (Å²) in [5.74, 6) is 1.77. The first kappa shape index (κ1) is 13.0. The molecule has 0 N–H and O–H groups in total. The molecule has 1 nitrogen and oxygen atoms in total. The zero-order valence-electron chi connectivity index (χ0n) is 10.6. The zero-order valence-corrected chi connectivity index (χ0v) is 11.4. The first-order chi connectivity index (χ1) is 8.38. The summed E-state index contributed by atoms with van der Waals surface area (Å²) in [6, 6.07) is 10.3. The average molecular weight is 250 g/mol. The van der Waals surface area contributed by atoms with Gasteiger partial charge in [-0.3, -0.25) is 0 Å². The largest absolute Gasteiger partial charge is 0.310 e. The summed E-state index contributed by atoms with van der Waals surface area (Å²) in [5, 5.41) is 0. The Hall–Kier alpha value is -0.470. The molecular formula is C15H22OS. The van der Waals surface area contributed by atoms with Crippen LogP contribution in [0.4, 0.5) is 0 Å². The van der Waals surface area contributed by atoms with Gasteiger partial charge in [0.15, 0.2) is 0 Å². The van der Waals surface area contributed by atoms with Gasteiger partial charge in [-0.15, -0.1) is 0 Å². The third kappa shape index (κ3) is 4.36. The molecule has 17 heavy (non-hydrogen) atoms. The quantitative estimate of drug-likeness (QED) is 0.685. The second kappa shape index (κ2) is 7.07. The fourth-order valence-electron chi connectivity index (χ4n) is 2.48. The summed E-state index contributed by atoms with van der Waals surface area (Å²) >= 11 is 1.52. The maximum atomic E-state index is 5.74. The van der Waals surface area contributed by atoms with Crippen LogP contribution in [-0.2, 0) is 4.18 Å². The first-order valence-corrected chi connectivity index (χ1v) is 7.47. The molecular weight excluding hydrogens is 228 g/mol. The molecule has 2 rings (SSSR count). The topological polar surface area (TPSA) is 9.23 Å². The van der Waals surface area contributed by atoms with Crippen molar-refractivity contribution < 1.29 is 4.18 Å². The molecule has 0 bridgehead atoms. The lowest BCUT2D eigenvalue weighted by Gasteiger charge is -2.27. The smallest absolute Gasteiger partial charge is 0.0646 e. The fraction of sp³-hybridized carbons (Fsp3) is 0.600. The molecule has 2 heteroatoms. The Balaban J connectivity index is 1.63. The summed E-state index contributed by atoms with van der Waals surface area (Å²) in [4.78, 5) is 1.20. The Labute approximate surface area is 109 Å². The minimum Gasteiger partial charge on any atom is -0.310 e. The molecule has 1 aromatic rings. The molecule has 0 spiro atoms. The van der Waals surface area contributed by atoms with Crippen molar-refractivity contribution in [2.75, 3.05) is 6.61 Å². The van der Waals surface area contributed by atoms with Gasteiger partial charge >= 0.3 is 0 Å². The van der Waals surface area contributed by atoms with Crippen LogP contribution in [-0.4, -0.2) is 6.61 Å². The fourth-order valence-corrected chi connectivity index (χ4v) is 3.15. The molecule has 1 aliphatic rings. The predicted molar refractivity (Wildman–Crippen MR) is 74.0 cm³/mol. The third-order valence-electron chi connectivity index (χ3n) is 3.75. The van der Waals surface area contributed by atoms with E-state index < -0.39 is 0 Å². The number of hydrogen-bond acceptors (Lipinski definition) is 2. The highest BCUT2D eigenvalue weighted by Gasteiger charge is 2.20. The summed E-state index contributed by atoms with van der Waals surface area (Å²) in [5.41, 5.74) is 0. The van der Waals surface area contributed by atoms with E-state index in [1.54, 1.807) is 0 Å². The van der Waals surface area contributed by atoms with Gasteiger partial charge in [-0.25, -0.2) is 0 Å². The molecule has 1 saturated carbocycles. The van der Waals surface area contributed by atoms with Gasteiger partial charge in [-0.05, 0) is 36.8 Å². The zero-order chi connectivity index (χ0) is 11.9. The highest BCUT2D eigenvalue weighted by molar-refractivity contribution is 7.94. The number of hydrogen-bond donors (Lipinski definition) is 0. The lowest BCUT2D eigenvalue weighted by atomic mass is 9.81. The van der Waals surface area contributed by atoms with E-state index in [-0.39, 0.29) is 0 Å². The Morgan fingerprint density at radius 1 is 1.06 bits per heavy atom. The van der Waals surface area contributed by atoms with Crippen LogP contribution in [0.2, 0.25) is 0 Å². The van der Waals surface area contributed by atoms with E-state index in [0.29, 0.717) is 0 Å². The van der Waals surface area contributed by atoms with Crippen LogP contribution >= 0.6 is 12.0 Å². The molecule has 0 aliphatic heterocycles. The van der Waals surface area contributed by atoms with E-state index in [0.717, 1.165) is 18.4 Å². The van der Waals surface area contributed by atoms with Crippen molar-refractivity contribution in [3.05, 3.63) is 30.3 Å². The van der Waals surface area contributed by atoms with Crippen molar-refractivity contribution in [2.24, 2.45) is 11.8 Å². The second-order valence-corrected chi connectivity index (χ2v) is 5.85. The first-order valence-electron chi connectivity index (χ1n) is 6.73. The van der Waals surface area contributed by atoms with Crippen LogP contribution in [0.1, 0.15) is 39.0 Å². The van der Waals surface area contributed by atoms with Crippen LogP contribution in [0.25, 0.3) is 0 Å². The van der Waals surface area contributed by atoms with E-state index in [2.05, 4.69) is 31.2 Å². The molecule has 1 aliphatic carbocycles. The molecule has 0 aromatic heterocycles. The maximum Gasteiger partial charge on any atom is 0.0646 e. The molecule has 0 atom stereocenters. The molecule has 94 valence electrons. The summed E-state index contributed by atoms with van der Waals surface area (Å²) in [6.45, 7) is 3.22. The summed E-state index contributed by atoms with van der Waals surface area (Å²) < 4.78 is 5.74. The molecule has 0 amide bonds. The van der Waals surface area contributed by atoms with Crippen LogP contribution in [0.5, 0.6) is 0 Å². The van der Waals surface area contributed by atoms with Gasteiger partial charge in [0.1, 0.15) is 0 Å². The van der Waals surface area contributed by atoms with Crippen molar-refractivity contribution in [3.8, 4) is 0 Å². The Morgan fingerprint density at radius 2 is 1.71 bits per heavy atom. The standard InChI is InChI=1S/C15H22OS/c1-2-13-8-10-14(11-9-13)12-16-17-15-6-4-3-5-7-15/h3-7,13-14H,2,8-12H2,1H3. The van der Waals surface area contributed by atoms with Crippen LogP contribution < -0.4 is 0 Å². The van der Waals surface area contributed by atoms with E-state index in [9.17, 15) is 0 Å². The van der Waals surface area contributed by atoms with Crippen molar-refractivity contribution in [1.82, 2.24) is 0 Å². The molecule has 0 unspecified atom stereocenters. The van der Waals surface area contributed by atoms with Gasteiger partial charge in [0.25, 0.3) is 0 Å². The van der Waals surface area contributed by atoms with E-state index in [1.165, 1.54) is 49.0 Å². The lowest BCUT2D eigenvalue weighted by molar-refractivity contribution is 0.199. The molecule has 1 fully saturated rings. The minimum absolute atomic E-state index is 0.786. The molecule has 0 saturated heterocycles. The van der Waals surface area contributed by atoms with Gasteiger partial charge in [-0.1, -0.05) is 44.4 Å². The monoisotopic (exact) mass is 250 g/mol. The third-order valence-corrected chi connectivity index (χ3v) is 4.46. The maximum absolute atomic E-state index is 5.74. The van der Waals surface area contributed by atoms with Crippen LogP contribution in [0.3, 0.4) is 0 Å². The highest BCUT2D eigenvalue weighted by atomic mass is 32.2. The lowest BCUT2D eigenvalue weighted by Crippen LogP contribution is -2.17. The SMILES string of the molecule is CCC1CCC(COSc2ccccc2)CC1. The molecule has 0 heterocycles. The van der Waals surface area contributed by atoms with Crippen molar-refractivity contribution in [3.63, 3.8) is 0 Å². The van der Waals surface area contributed by atoms with E-state index >= 15 is 0 Å². The van der Waals surface area contributed by atoms with Crippen molar-refractivity contribution >= 4 is 12.0 Å². The van der Waals surface area contributed by atoms with Gasteiger partial charge in [0.2, 0.25) is 0 Å². The van der Waals surface area contributed by atoms with Crippen molar-refractivity contribution in [2.45, 2.75) is 43.9 Å². The second-order valence-electron chi connectivity index (χ2n) is 4.98. The Bertz CT molecular complexity index is 304. The van der Waals surface area contributed by atoms with Crippen LogP contribution in [0, 0.1) is 11.8 Å². The van der Waals surface area contributed by atoms with Gasteiger partial charge in [-0.2, -0.15) is 0 Å². The van der Waals surface area contributed by atoms with E-state index in [1.807, 2.05) is 6.07 Å². The van der Waals surface area contributed by atoms with Gasteiger partial charge in [0, 0.05) is 16.9 Å². The predicted octanol–water partition coefficient (Wildman–Crippen LogP) is 4.93. The van der Waals surface area contributed by atoms with Crippen LogP contribution in [0.15, 0.2) is 35.2 Å². The Morgan fingerprint density at radius 3 is 2.35 bits per heavy atom. The molecule has 1 aromatic carbocycles. The summed E-state index contributed by atoms with van der Waals surface area (Å²) in [7, 11) is 0. The highest BCUT2D eigenvalue weighted by Crippen LogP contribution is 2.31.